The quantitative estimate of drug-likeness (QED) is 0.720. The Balaban J connectivity index is 1.42. The van der Waals surface area contributed by atoms with Crippen molar-refractivity contribution in [3.63, 3.8) is 0 Å². The van der Waals surface area contributed by atoms with Gasteiger partial charge in [0.1, 0.15) is 16.9 Å². The highest BCUT2D eigenvalue weighted by Gasteiger charge is 2.24. The summed E-state index contributed by atoms with van der Waals surface area (Å²) in [7, 11) is 0. The minimum atomic E-state index is -0.0871. The van der Waals surface area contributed by atoms with Crippen LogP contribution < -0.4 is 5.32 Å². The van der Waals surface area contributed by atoms with E-state index in [1.54, 1.807) is 11.3 Å². The highest BCUT2D eigenvalue weighted by Crippen LogP contribution is 2.38. The number of carbonyl (C=O) groups excluding carboxylic acids is 1. The van der Waals surface area contributed by atoms with Crippen LogP contribution in [-0.2, 0) is 17.6 Å². The number of aryl methyl sites for hydroxylation is 2. The summed E-state index contributed by atoms with van der Waals surface area (Å²) in [6.07, 6.45) is 10.4. The van der Waals surface area contributed by atoms with E-state index in [9.17, 15) is 10.1 Å². The number of amides is 1. The second kappa shape index (κ2) is 8.66. The molecule has 0 spiro atoms. The lowest BCUT2D eigenvalue weighted by atomic mass is 9.95. The zero-order valence-corrected chi connectivity index (χ0v) is 17.8. The van der Waals surface area contributed by atoms with Gasteiger partial charge in [-0.25, -0.2) is 0 Å². The van der Waals surface area contributed by atoms with Gasteiger partial charge in [-0.05, 0) is 51.0 Å². The van der Waals surface area contributed by atoms with E-state index in [1.165, 1.54) is 35.9 Å². The Labute approximate surface area is 173 Å². The molecule has 0 unspecified atom stereocenters. The highest BCUT2D eigenvalue weighted by molar-refractivity contribution is 7.99. The van der Waals surface area contributed by atoms with Gasteiger partial charge in [0.15, 0.2) is 5.16 Å². The van der Waals surface area contributed by atoms with E-state index < -0.39 is 0 Å². The first kappa shape index (κ1) is 19.5. The van der Waals surface area contributed by atoms with Crippen molar-refractivity contribution in [1.29, 1.82) is 5.26 Å². The van der Waals surface area contributed by atoms with Crippen molar-refractivity contribution in [2.45, 2.75) is 75.9 Å². The lowest BCUT2D eigenvalue weighted by Gasteiger charge is -2.24. The zero-order valence-electron chi connectivity index (χ0n) is 16.2. The molecule has 148 valence electrons. The standard InChI is InChI=1S/C20H25N5OS2/c1-13-23-24-20(25(13)14-7-3-2-4-8-14)27-12-18(26)22-19-16(11-21)15-9-5-6-10-17(15)28-19/h14H,2-10,12H2,1H3,(H,22,26). The Morgan fingerprint density at radius 3 is 2.82 bits per heavy atom. The number of hydrogen-bond acceptors (Lipinski definition) is 6. The van der Waals surface area contributed by atoms with Gasteiger partial charge < -0.3 is 9.88 Å². The SMILES string of the molecule is Cc1nnc(SCC(=O)Nc2sc3c(c2C#N)CCCC3)n1C1CCCCC1. The average molecular weight is 416 g/mol. The number of carbonyl (C=O) groups is 1. The van der Waals surface area contributed by atoms with Crippen molar-refractivity contribution in [2.75, 3.05) is 11.1 Å². The van der Waals surface area contributed by atoms with Gasteiger partial charge in [-0.15, -0.1) is 21.5 Å². The number of anilines is 1. The smallest absolute Gasteiger partial charge is 0.235 e. The van der Waals surface area contributed by atoms with Gasteiger partial charge in [-0.1, -0.05) is 31.0 Å². The second-order valence-electron chi connectivity index (χ2n) is 7.56. The molecule has 1 N–H and O–H groups in total. The van der Waals surface area contributed by atoms with Gasteiger partial charge in [-0.2, -0.15) is 5.26 Å². The third-order valence-corrected chi connectivity index (χ3v) is 7.79. The number of nitriles is 1. The monoisotopic (exact) mass is 415 g/mol. The Morgan fingerprint density at radius 2 is 2.04 bits per heavy atom. The van der Waals surface area contributed by atoms with E-state index >= 15 is 0 Å². The summed E-state index contributed by atoms with van der Waals surface area (Å²) in [5, 5.41) is 22.6. The number of nitrogens with one attached hydrogen (secondary N) is 1. The molecule has 2 aliphatic rings. The van der Waals surface area contributed by atoms with E-state index in [0.717, 1.165) is 55.1 Å². The number of fused-ring (bicyclic) bond motifs is 1. The van der Waals surface area contributed by atoms with Crippen molar-refractivity contribution in [3.05, 3.63) is 21.8 Å². The topological polar surface area (TPSA) is 83.6 Å². The summed E-state index contributed by atoms with van der Waals surface area (Å²) < 4.78 is 2.21. The summed E-state index contributed by atoms with van der Waals surface area (Å²) in [6.45, 7) is 1.99. The van der Waals surface area contributed by atoms with Crippen LogP contribution in [-0.4, -0.2) is 26.4 Å². The van der Waals surface area contributed by atoms with E-state index in [1.807, 2.05) is 6.92 Å². The lowest BCUT2D eigenvalue weighted by Crippen LogP contribution is -2.17. The van der Waals surface area contributed by atoms with Crippen LogP contribution in [0.1, 0.15) is 72.8 Å². The first-order valence-corrected chi connectivity index (χ1v) is 11.9. The van der Waals surface area contributed by atoms with Crippen LogP contribution in [0, 0.1) is 18.3 Å². The number of thiophene rings is 1. The fraction of sp³-hybridized carbons (Fsp3) is 0.600. The van der Waals surface area contributed by atoms with Crippen molar-refractivity contribution < 1.29 is 4.79 Å². The minimum absolute atomic E-state index is 0.0871. The molecule has 6 nitrogen and oxygen atoms in total. The minimum Gasteiger partial charge on any atom is -0.316 e. The van der Waals surface area contributed by atoms with Crippen molar-refractivity contribution >= 4 is 34.0 Å². The van der Waals surface area contributed by atoms with Gasteiger partial charge in [0.25, 0.3) is 0 Å². The molecular weight excluding hydrogens is 390 g/mol. The molecule has 0 saturated heterocycles. The molecule has 1 saturated carbocycles. The summed E-state index contributed by atoms with van der Waals surface area (Å²) >= 11 is 3.01. The second-order valence-corrected chi connectivity index (χ2v) is 9.60. The molecular formula is C20H25N5OS2. The summed E-state index contributed by atoms with van der Waals surface area (Å²) in [5.74, 6) is 1.11. The number of thioether (sulfide) groups is 1. The zero-order chi connectivity index (χ0) is 19.5. The number of nitrogens with zero attached hydrogens (tertiary/aromatic N) is 4. The summed E-state index contributed by atoms with van der Waals surface area (Å²) in [5.41, 5.74) is 1.81. The molecule has 2 aromatic rings. The Morgan fingerprint density at radius 1 is 1.25 bits per heavy atom. The maximum absolute atomic E-state index is 12.6. The maximum atomic E-state index is 12.6. The van der Waals surface area contributed by atoms with Gasteiger partial charge in [0, 0.05) is 10.9 Å². The molecule has 2 aliphatic carbocycles. The Bertz CT molecular complexity index is 905. The number of rotatable bonds is 5. The molecule has 28 heavy (non-hydrogen) atoms. The van der Waals surface area contributed by atoms with Crippen molar-refractivity contribution in [2.24, 2.45) is 0 Å². The third-order valence-electron chi connectivity index (χ3n) is 5.64. The van der Waals surface area contributed by atoms with Crippen molar-refractivity contribution in [1.82, 2.24) is 14.8 Å². The first-order valence-electron chi connectivity index (χ1n) is 10.1. The molecule has 4 rings (SSSR count). The van der Waals surface area contributed by atoms with Gasteiger partial charge in [0.05, 0.1) is 11.3 Å². The van der Waals surface area contributed by atoms with Crippen LogP contribution in [0.3, 0.4) is 0 Å². The van der Waals surface area contributed by atoms with Crippen LogP contribution >= 0.6 is 23.1 Å². The lowest BCUT2D eigenvalue weighted by molar-refractivity contribution is -0.113. The maximum Gasteiger partial charge on any atom is 0.235 e. The highest BCUT2D eigenvalue weighted by atomic mass is 32.2. The molecule has 0 aromatic carbocycles. The van der Waals surface area contributed by atoms with E-state index in [0.29, 0.717) is 16.6 Å². The number of aromatic nitrogens is 3. The van der Waals surface area contributed by atoms with Gasteiger partial charge >= 0.3 is 0 Å². The summed E-state index contributed by atoms with van der Waals surface area (Å²) in [6, 6.07) is 2.75. The van der Waals surface area contributed by atoms with E-state index in [4.69, 9.17) is 0 Å². The number of hydrogen-bond donors (Lipinski definition) is 1. The molecule has 0 bridgehead atoms. The van der Waals surface area contributed by atoms with Gasteiger partial charge in [-0.3, -0.25) is 4.79 Å². The van der Waals surface area contributed by atoms with Crippen LogP contribution in [0.2, 0.25) is 0 Å². The van der Waals surface area contributed by atoms with Crippen LogP contribution in [0.15, 0.2) is 5.16 Å². The Kier molecular flexibility index (Phi) is 6.02. The largest absolute Gasteiger partial charge is 0.316 e. The third kappa shape index (κ3) is 3.96. The molecule has 8 heteroatoms. The first-order chi connectivity index (χ1) is 13.7. The van der Waals surface area contributed by atoms with E-state index in [2.05, 4.69) is 26.2 Å². The fourth-order valence-electron chi connectivity index (χ4n) is 4.27. The predicted molar refractivity (Wildman–Crippen MR) is 112 cm³/mol. The molecule has 0 radical (unpaired) electrons. The fourth-order valence-corrected chi connectivity index (χ4v) is 6.38. The van der Waals surface area contributed by atoms with Gasteiger partial charge in [0.2, 0.25) is 5.91 Å². The van der Waals surface area contributed by atoms with E-state index in [-0.39, 0.29) is 11.7 Å². The molecule has 2 heterocycles. The van der Waals surface area contributed by atoms with Crippen LogP contribution in [0.5, 0.6) is 0 Å². The predicted octanol–water partition coefficient (Wildman–Crippen LogP) is 4.63. The average Bonchev–Trinajstić information content (AvgIpc) is 3.26. The molecule has 2 aromatic heterocycles. The summed E-state index contributed by atoms with van der Waals surface area (Å²) in [4.78, 5) is 13.8. The Hall–Kier alpha value is -1.85. The van der Waals surface area contributed by atoms with Crippen LogP contribution in [0.4, 0.5) is 5.00 Å². The molecule has 1 amide bonds. The molecule has 0 atom stereocenters. The van der Waals surface area contributed by atoms with Crippen LogP contribution in [0.25, 0.3) is 0 Å². The molecule has 0 aliphatic heterocycles. The van der Waals surface area contributed by atoms with Crippen molar-refractivity contribution in [3.8, 4) is 6.07 Å². The molecule has 1 fully saturated rings. The normalized spacial score (nSPS) is 17.1.